The molecule has 1 aromatic rings. The molecule has 2 amide bonds. The number of nitrogens with zero attached hydrogens (tertiary/aromatic N) is 1. The number of carbonyl (C=O) groups is 2. The van der Waals surface area contributed by atoms with Crippen LogP contribution in [0.25, 0.3) is 0 Å². The van der Waals surface area contributed by atoms with Crippen LogP contribution in [-0.2, 0) is 4.74 Å². The summed E-state index contributed by atoms with van der Waals surface area (Å²) in [6.45, 7) is 0.629. The standard InChI is InChI=1S/C10H9NO3/c12-9(8-4-2-1-3-5-8)11-6-7-14-10(11)13/h1-5H,6-7H2. The van der Waals surface area contributed by atoms with E-state index in [9.17, 15) is 9.59 Å². The average Bonchev–Trinajstić information content (AvgIpc) is 2.65. The Bertz CT molecular complexity index is 361. The molecule has 4 nitrogen and oxygen atoms in total. The monoisotopic (exact) mass is 191 g/mol. The van der Waals surface area contributed by atoms with Gasteiger partial charge in [0.1, 0.15) is 6.61 Å². The molecule has 0 N–H and O–H groups in total. The predicted molar refractivity (Wildman–Crippen MR) is 48.8 cm³/mol. The molecule has 1 aromatic carbocycles. The zero-order valence-electron chi connectivity index (χ0n) is 7.47. The van der Waals surface area contributed by atoms with Crippen molar-refractivity contribution >= 4 is 12.0 Å². The van der Waals surface area contributed by atoms with E-state index in [0.717, 1.165) is 4.90 Å². The van der Waals surface area contributed by atoms with Gasteiger partial charge in [-0.3, -0.25) is 4.79 Å². The third-order valence-electron chi connectivity index (χ3n) is 2.03. The van der Waals surface area contributed by atoms with E-state index in [4.69, 9.17) is 0 Å². The summed E-state index contributed by atoms with van der Waals surface area (Å²) in [4.78, 5) is 23.9. The van der Waals surface area contributed by atoms with Gasteiger partial charge in [0, 0.05) is 5.56 Å². The first-order valence-electron chi connectivity index (χ1n) is 4.33. The van der Waals surface area contributed by atoms with Crippen LogP contribution in [0, 0.1) is 0 Å². The summed E-state index contributed by atoms with van der Waals surface area (Å²) >= 11 is 0. The number of cyclic esters (lactones) is 1. The first kappa shape index (κ1) is 8.74. The van der Waals surface area contributed by atoms with Gasteiger partial charge >= 0.3 is 6.09 Å². The summed E-state index contributed by atoms with van der Waals surface area (Å²) < 4.78 is 4.67. The Morgan fingerprint density at radius 2 is 2.00 bits per heavy atom. The molecular weight excluding hydrogens is 182 g/mol. The van der Waals surface area contributed by atoms with Crippen LogP contribution in [0.3, 0.4) is 0 Å². The molecule has 1 aliphatic heterocycles. The molecule has 0 atom stereocenters. The van der Waals surface area contributed by atoms with Gasteiger partial charge in [-0.2, -0.15) is 0 Å². The molecule has 72 valence electrons. The van der Waals surface area contributed by atoms with E-state index < -0.39 is 6.09 Å². The largest absolute Gasteiger partial charge is 0.447 e. The molecule has 1 fully saturated rings. The topological polar surface area (TPSA) is 46.6 Å². The second kappa shape index (κ2) is 3.49. The molecule has 4 heteroatoms. The molecule has 0 saturated carbocycles. The number of rotatable bonds is 1. The third-order valence-corrected chi connectivity index (χ3v) is 2.03. The smallest absolute Gasteiger partial charge is 0.416 e. The minimum atomic E-state index is -0.557. The number of hydrogen-bond acceptors (Lipinski definition) is 3. The Hall–Kier alpha value is -1.84. The fraction of sp³-hybridized carbons (Fsp3) is 0.200. The molecule has 0 spiro atoms. The van der Waals surface area contributed by atoms with Crippen molar-refractivity contribution in [3.63, 3.8) is 0 Å². The summed E-state index contributed by atoms with van der Waals surface area (Å²) in [7, 11) is 0. The lowest BCUT2D eigenvalue weighted by Crippen LogP contribution is -2.31. The molecule has 1 aliphatic rings. The van der Waals surface area contributed by atoms with Gasteiger partial charge in [-0.1, -0.05) is 18.2 Å². The second-order valence-corrected chi connectivity index (χ2v) is 2.94. The van der Waals surface area contributed by atoms with Crippen LogP contribution in [0.5, 0.6) is 0 Å². The molecule has 0 radical (unpaired) electrons. The van der Waals surface area contributed by atoms with E-state index >= 15 is 0 Å². The van der Waals surface area contributed by atoms with Gasteiger partial charge in [-0.15, -0.1) is 0 Å². The highest BCUT2D eigenvalue weighted by Gasteiger charge is 2.28. The van der Waals surface area contributed by atoms with Gasteiger partial charge < -0.3 is 4.74 Å². The number of hydrogen-bond donors (Lipinski definition) is 0. The van der Waals surface area contributed by atoms with Gasteiger partial charge in [-0.25, -0.2) is 9.69 Å². The predicted octanol–water partition coefficient (Wildman–Crippen LogP) is 1.28. The lowest BCUT2D eigenvalue weighted by Gasteiger charge is -2.09. The first-order chi connectivity index (χ1) is 6.79. The van der Waals surface area contributed by atoms with Crippen LogP contribution in [0.1, 0.15) is 10.4 Å². The van der Waals surface area contributed by atoms with Crippen LogP contribution in [-0.4, -0.2) is 30.1 Å². The van der Waals surface area contributed by atoms with Crippen molar-refractivity contribution in [1.29, 1.82) is 0 Å². The van der Waals surface area contributed by atoms with Crippen LogP contribution in [0.2, 0.25) is 0 Å². The van der Waals surface area contributed by atoms with E-state index in [1.807, 2.05) is 6.07 Å². The maximum absolute atomic E-state index is 11.7. The zero-order chi connectivity index (χ0) is 9.97. The van der Waals surface area contributed by atoms with Crippen molar-refractivity contribution in [1.82, 2.24) is 4.90 Å². The molecule has 1 heterocycles. The van der Waals surface area contributed by atoms with E-state index in [0.29, 0.717) is 12.1 Å². The molecule has 0 unspecified atom stereocenters. The van der Waals surface area contributed by atoms with Crippen molar-refractivity contribution in [2.45, 2.75) is 0 Å². The van der Waals surface area contributed by atoms with Crippen LogP contribution in [0.15, 0.2) is 30.3 Å². The van der Waals surface area contributed by atoms with Crippen molar-refractivity contribution in [3.05, 3.63) is 35.9 Å². The molecule has 14 heavy (non-hydrogen) atoms. The molecule has 0 bridgehead atoms. The number of benzene rings is 1. The lowest BCUT2D eigenvalue weighted by atomic mass is 10.2. The Morgan fingerprint density at radius 3 is 2.57 bits per heavy atom. The summed E-state index contributed by atoms with van der Waals surface area (Å²) in [5.41, 5.74) is 0.506. The van der Waals surface area contributed by atoms with Gasteiger partial charge in [0.25, 0.3) is 5.91 Å². The maximum atomic E-state index is 11.7. The molecular formula is C10H9NO3. The van der Waals surface area contributed by atoms with Crippen LogP contribution in [0.4, 0.5) is 4.79 Å². The minimum Gasteiger partial charge on any atom is -0.447 e. The maximum Gasteiger partial charge on any atom is 0.416 e. The van der Waals surface area contributed by atoms with Gasteiger partial charge in [0.05, 0.1) is 6.54 Å². The Labute approximate surface area is 81.1 Å². The molecule has 0 aromatic heterocycles. The SMILES string of the molecule is O=C1OCCN1C(=O)c1ccccc1. The van der Waals surface area contributed by atoms with E-state index in [1.54, 1.807) is 24.3 Å². The van der Waals surface area contributed by atoms with Crippen LogP contribution < -0.4 is 0 Å². The van der Waals surface area contributed by atoms with E-state index in [2.05, 4.69) is 4.74 Å². The van der Waals surface area contributed by atoms with Crippen molar-refractivity contribution in [3.8, 4) is 0 Å². The minimum absolute atomic E-state index is 0.289. The number of amides is 2. The summed E-state index contributed by atoms with van der Waals surface area (Å²) in [5.74, 6) is -0.298. The van der Waals surface area contributed by atoms with Gasteiger partial charge in [0.15, 0.2) is 0 Å². The third kappa shape index (κ3) is 1.46. The van der Waals surface area contributed by atoms with Crippen molar-refractivity contribution in [2.24, 2.45) is 0 Å². The Kier molecular flexibility index (Phi) is 2.18. The Morgan fingerprint density at radius 1 is 1.29 bits per heavy atom. The summed E-state index contributed by atoms with van der Waals surface area (Å²) in [6.07, 6.45) is -0.557. The second-order valence-electron chi connectivity index (χ2n) is 2.94. The van der Waals surface area contributed by atoms with Gasteiger partial charge in [0.2, 0.25) is 0 Å². The summed E-state index contributed by atoms with van der Waals surface area (Å²) in [6, 6.07) is 8.68. The highest BCUT2D eigenvalue weighted by Crippen LogP contribution is 2.09. The van der Waals surface area contributed by atoms with E-state index in [-0.39, 0.29) is 12.5 Å². The first-order valence-corrected chi connectivity index (χ1v) is 4.33. The fourth-order valence-corrected chi connectivity index (χ4v) is 1.31. The quantitative estimate of drug-likeness (QED) is 0.671. The molecule has 0 aliphatic carbocycles. The van der Waals surface area contributed by atoms with Crippen molar-refractivity contribution in [2.75, 3.05) is 13.2 Å². The highest BCUT2D eigenvalue weighted by atomic mass is 16.6. The fourth-order valence-electron chi connectivity index (χ4n) is 1.31. The lowest BCUT2D eigenvalue weighted by molar-refractivity contribution is 0.0810. The van der Waals surface area contributed by atoms with Gasteiger partial charge in [-0.05, 0) is 12.1 Å². The zero-order valence-corrected chi connectivity index (χ0v) is 7.47. The molecule has 2 rings (SSSR count). The number of imide groups is 1. The number of carbonyl (C=O) groups excluding carboxylic acids is 2. The highest BCUT2D eigenvalue weighted by molar-refractivity contribution is 6.03. The van der Waals surface area contributed by atoms with Crippen LogP contribution >= 0.6 is 0 Å². The summed E-state index contributed by atoms with van der Waals surface area (Å²) in [5, 5.41) is 0. The average molecular weight is 191 g/mol. The normalized spacial score (nSPS) is 15.4. The van der Waals surface area contributed by atoms with E-state index in [1.165, 1.54) is 0 Å². The molecule has 1 saturated heterocycles. The van der Waals surface area contributed by atoms with Crippen molar-refractivity contribution < 1.29 is 14.3 Å². The number of ether oxygens (including phenoxy) is 1. The Balaban J connectivity index is 2.20.